The standard InChI is InChI=1S/C10H20O4Si/c1-8(2)10(12)13-6-9(11)7-14-15(3,4)5/h9,11H,1,6-7H2,2-5H3. The second-order valence-electron chi connectivity index (χ2n) is 4.46. The summed E-state index contributed by atoms with van der Waals surface area (Å²) >= 11 is 0. The van der Waals surface area contributed by atoms with Crippen LogP contribution in [0.25, 0.3) is 0 Å². The molecule has 0 rings (SSSR count). The Kier molecular flexibility index (Phi) is 5.78. The number of carbonyl (C=O) groups excluding carboxylic acids is 1. The lowest BCUT2D eigenvalue weighted by atomic mass is 10.3. The number of aliphatic hydroxyl groups is 1. The van der Waals surface area contributed by atoms with Gasteiger partial charge in [-0.05, 0) is 26.6 Å². The first-order valence-corrected chi connectivity index (χ1v) is 8.28. The Morgan fingerprint density at radius 1 is 1.40 bits per heavy atom. The normalized spacial score (nSPS) is 13.4. The van der Waals surface area contributed by atoms with Gasteiger partial charge in [0.2, 0.25) is 0 Å². The van der Waals surface area contributed by atoms with Gasteiger partial charge in [-0.25, -0.2) is 4.79 Å². The van der Waals surface area contributed by atoms with Crippen LogP contribution in [0.2, 0.25) is 19.6 Å². The first-order valence-electron chi connectivity index (χ1n) is 4.87. The third-order valence-electron chi connectivity index (χ3n) is 1.46. The summed E-state index contributed by atoms with van der Waals surface area (Å²) in [6.45, 7) is 11.2. The van der Waals surface area contributed by atoms with E-state index in [1.807, 2.05) is 19.6 Å². The maximum Gasteiger partial charge on any atom is 0.333 e. The number of carbonyl (C=O) groups is 1. The zero-order valence-corrected chi connectivity index (χ0v) is 10.9. The minimum Gasteiger partial charge on any atom is -0.460 e. The molecule has 0 fully saturated rings. The van der Waals surface area contributed by atoms with Crippen molar-refractivity contribution in [2.24, 2.45) is 0 Å². The van der Waals surface area contributed by atoms with Crippen molar-refractivity contribution in [1.29, 1.82) is 0 Å². The average molecular weight is 232 g/mol. The molecule has 88 valence electrons. The monoisotopic (exact) mass is 232 g/mol. The van der Waals surface area contributed by atoms with Crippen LogP contribution in [0.4, 0.5) is 0 Å². The van der Waals surface area contributed by atoms with Gasteiger partial charge in [0.1, 0.15) is 12.7 Å². The number of hydrogen-bond acceptors (Lipinski definition) is 4. The van der Waals surface area contributed by atoms with Crippen molar-refractivity contribution in [2.45, 2.75) is 32.7 Å². The van der Waals surface area contributed by atoms with Crippen molar-refractivity contribution >= 4 is 14.3 Å². The van der Waals surface area contributed by atoms with E-state index in [4.69, 9.17) is 9.16 Å². The molecule has 15 heavy (non-hydrogen) atoms. The molecule has 4 nitrogen and oxygen atoms in total. The quantitative estimate of drug-likeness (QED) is 0.426. The van der Waals surface area contributed by atoms with Crippen molar-refractivity contribution < 1.29 is 19.1 Å². The van der Waals surface area contributed by atoms with Crippen LogP contribution in [0.15, 0.2) is 12.2 Å². The lowest BCUT2D eigenvalue weighted by Crippen LogP contribution is -2.32. The molecule has 0 saturated heterocycles. The van der Waals surface area contributed by atoms with E-state index in [0.29, 0.717) is 5.57 Å². The summed E-state index contributed by atoms with van der Waals surface area (Å²) in [4.78, 5) is 11.0. The second kappa shape index (κ2) is 6.04. The smallest absolute Gasteiger partial charge is 0.333 e. The van der Waals surface area contributed by atoms with E-state index in [0.717, 1.165) is 0 Å². The number of hydrogen-bond donors (Lipinski definition) is 1. The Hall–Kier alpha value is -0.653. The Balaban J connectivity index is 3.71. The van der Waals surface area contributed by atoms with Gasteiger partial charge < -0.3 is 14.3 Å². The molecule has 0 aliphatic heterocycles. The fraction of sp³-hybridized carbons (Fsp3) is 0.700. The van der Waals surface area contributed by atoms with Gasteiger partial charge in [-0.1, -0.05) is 6.58 Å². The lowest BCUT2D eigenvalue weighted by Gasteiger charge is -2.19. The molecule has 0 amide bonds. The Labute approximate surface area is 92.0 Å². The third kappa shape index (κ3) is 8.35. The largest absolute Gasteiger partial charge is 0.460 e. The molecule has 1 unspecified atom stereocenters. The SMILES string of the molecule is C=C(C)C(=O)OCC(O)CO[Si](C)(C)C. The van der Waals surface area contributed by atoms with E-state index in [9.17, 15) is 9.90 Å². The van der Waals surface area contributed by atoms with Crippen molar-refractivity contribution in [3.05, 3.63) is 12.2 Å². The van der Waals surface area contributed by atoms with Gasteiger partial charge >= 0.3 is 5.97 Å². The molecule has 0 aliphatic carbocycles. The third-order valence-corrected chi connectivity index (χ3v) is 2.50. The first-order chi connectivity index (χ1) is 6.72. The minimum absolute atomic E-state index is 0.0455. The minimum atomic E-state index is -1.62. The molecule has 0 saturated carbocycles. The molecular formula is C10H20O4Si. The van der Waals surface area contributed by atoms with Crippen LogP contribution < -0.4 is 0 Å². The number of esters is 1. The van der Waals surface area contributed by atoms with E-state index in [1.165, 1.54) is 0 Å². The summed E-state index contributed by atoms with van der Waals surface area (Å²) in [5.41, 5.74) is 0.327. The topological polar surface area (TPSA) is 55.8 Å². The summed E-state index contributed by atoms with van der Waals surface area (Å²) in [6.07, 6.45) is -0.764. The van der Waals surface area contributed by atoms with E-state index >= 15 is 0 Å². The summed E-state index contributed by atoms with van der Waals surface area (Å²) in [7, 11) is -1.62. The lowest BCUT2D eigenvalue weighted by molar-refractivity contribution is -0.142. The number of ether oxygens (including phenoxy) is 1. The van der Waals surface area contributed by atoms with Crippen molar-refractivity contribution in [3.8, 4) is 0 Å². The predicted octanol–water partition coefficient (Wildman–Crippen LogP) is 1.32. The molecule has 1 atom stereocenters. The first kappa shape index (κ1) is 14.3. The van der Waals surface area contributed by atoms with E-state index in [2.05, 4.69) is 6.58 Å². The second-order valence-corrected chi connectivity index (χ2v) is 8.97. The van der Waals surface area contributed by atoms with Gasteiger partial charge in [0.25, 0.3) is 0 Å². The highest BCUT2D eigenvalue weighted by Gasteiger charge is 2.17. The molecule has 0 aromatic carbocycles. The molecule has 0 bridgehead atoms. The van der Waals surface area contributed by atoms with Crippen molar-refractivity contribution in [2.75, 3.05) is 13.2 Å². The molecular weight excluding hydrogens is 212 g/mol. The van der Waals surface area contributed by atoms with Gasteiger partial charge in [-0.2, -0.15) is 0 Å². The van der Waals surface area contributed by atoms with Crippen LogP contribution in [0.1, 0.15) is 6.92 Å². The molecule has 5 heteroatoms. The molecule has 0 aromatic rings. The Morgan fingerprint density at radius 3 is 2.33 bits per heavy atom. The summed E-state index contributed by atoms with van der Waals surface area (Å²) in [6, 6.07) is 0. The summed E-state index contributed by atoms with van der Waals surface area (Å²) in [5, 5.41) is 9.43. The van der Waals surface area contributed by atoms with Crippen molar-refractivity contribution in [1.82, 2.24) is 0 Å². The highest BCUT2D eigenvalue weighted by molar-refractivity contribution is 6.69. The van der Waals surface area contributed by atoms with E-state index < -0.39 is 20.4 Å². The Bertz CT molecular complexity index is 232. The highest BCUT2D eigenvalue weighted by atomic mass is 28.4. The van der Waals surface area contributed by atoms with E-state index in [1.54, 1.807) is 6.92 Å². The molecule has 0 spiro atoms. The van der Waals surface area contributed by atoms with Gasteiger partial charge in [0.05, 0.1) is 6.61 Å². The van der Waals surface area contributed by atoms with Gasteiger partial charge in [0.15, 0.2) is 8.32 Å². The fourth-order valence-corrected chi connectivity index (χ4v) is 1.38. The van der Waals surface area contributed by atoms with Crippen LogP contribution in [-0.4, -0.2) is 38.7 Å². The predicted molar refractivity (Wildman–Crippen MR) is 61.1 cm³/mol. The van der Waals surface area contributed by atoms with Crippen LogP contribution in [0.5, 0.6) is 0 Å². The van der Waals surface area contributed by atoms with Gasteiger partial charge in [-0.3, -0.25) is 0 Å². The summed E-state index contributed by atoms with van der Waals surface area (Å²) < 4.78 is 10.2. The van der Waals surface area contributed by atoms with Crippen molar-refractivity contribution in [3.63, 3.8) is 0 Å². The van der Waals surface area contributed by atoms with Crippen LogP contribution >= 0.6 is 0 Å². The average Bonchev–Trinajstić information content (AvgIpc) is 2.09. The van der Waals surface area contributed by atoms with Gasteiger partial charge in [0, 0.05) is 5.57 Å². The number of rotatable bonds is 6. The van der Waals surface area contributed by atoms with Crippen LogP contribution in [-0.2, 0) is 14.0 Å². The molecule has 0 heterocycles. The summed E-state index contributed by atoms with van der Waals surface area (Å²) in [5.74, 6) is -0.484. The Morgan fingerprint density at radius 2 is 1.93 bits per heavy atom. The number of aliphatic hydroxyl groups excluding tert-OH is 1. The molecule has 0 radical (unpaired) electrons. The zero-order valence-electron chi connectivity index (χ0n) is 9.87. The zero-order chi connectivity index (χ0) is 12.1. The maximum absolute atomic E-state index is 11.0. The van der Waals surface area contributed by atoms with Crippen LogP contribution in [0, 0.1) is 0 Å². The highest BCUT2D eigenvalue weighted by Crippen LogP contribution is 2.03. The van der Waals surface area contributed by atoms with Gasteiger partial charge in [-0.15, -0.1) is 0 Å². The molecule has 0 aromatic heterocycles. The van der Waals surface area contributed by atoms with Crippen LogP contribution in [0.3, 0.4) is 0 Å². The molecule has 0 aliphatic rings. The molecule has 1 N–H and O–H groups in total. The van der Waals surface area contributed by atoms with E-state index in [-0.39, 0.29) is 13.2 Å². The maximum atomic E-state index is 11.0. The fourth-order valence-electron chi connectivity index (χ4n) is 0.689.